The minimum atomic E-state index is -1.20. The fraction of sp³-hybridized carbons (Fsp3) is 0.238. The number of primary amides is 1. The monoisotopic (exact) mass is 420 g/mol. The molecule has 3 rings (SSSR count). The largest absolute Gasteiger partial charge is 0.490 e. The lowest BCUT2D eigenvalue weighted by Gasteiger charge is -2.08. The van der Waals surface area contributed by atoms with E-state index in [0.717, 1.165) is 35.6 Å². The third kappa shape index (κ3) is 4.74. The summed E-state index contributed by atoms with van der Waals surface area (Å²) in [6, 6.07) is 9.31. The number of ether oxygens (including phenoxy) is 1. The molecule has 0 aliphatic carbocycles. The number of carbonyl (C=O) groups excluding carboxylic acids is 1. The number of hydrogen-bond acceptors (Lipinski definition) is 4. The first-order chi connectivity index (χ1) is 13.9. The number of carbonyl (C=O) groups is 1. The van der Waals surface area contributed by atoms with E-state index in [0.29, 0.717) is 17.3 Å². The number of aryl methyl sites for hydroxylation is 1. The third-order valence-electron chi connectivity index (χ3n) is 4.21. The summed E-state index contributed by atoms with van der Waals surface area (Å²) in [5.41, 5.74) is 5.79. The zero-order chi connectivity index (χ0) is 21.0. The number of benzene rings is 2. The van der Waals surface area contributed by atoms with E-state index in [-0.39, 0.29) is 18.8 Å². The molecule has 152 valence electrons. The van der Waals surface area contributed by atoms with Crippen molar-refractivity contribution in [3.8, 4) is 17.0 Å². The molecule has 0 aliphatic heterocycles. The van der Waals surface area contributed by atoms with Crippen LogP contribution in [0, 0.1) is 11.6 Å². The highest BCUT2D eigenvalue weighted by molar-refractivity contribution is 6.30. The molecule has 0 radical (unpaired) electrons. The lowest BCUT2D eigenvalue weighted by molar-refractivity contribution is 0.0991. The summed E-state index contributed by atoms with van der Waals surface area (Å²) in [4.78, 5) is 15.7. The molecule has 1 aromatic heterocycles. The van der Waals surface area contributed by atoms with Crippen molar-refractivity contribution in [2.45, 2.75) is 26.2 Å². The number of aromatic nitrogens is 1. The molecule has 8 heteroatoms. The minimum Gasteiger partial charge on any atom is -0.490 e. The fourth-order valence-corrected chi connectivity index (χ4v) is 2.98. The number of halogens is 3. The van der Waals surface area contributed by atoms with Crippen LogP contribution in [-0.4, -0.2) is 17.5 Å². The Kier molecular flexibility index (Phi) is 6.49. The molecule has 2 N–H and O–H groups in total. The number of rotatable bonds is 8. The molecule has 5 nitrogen and oxygen atoms in total. The molecule has 0 unspecified atom stereocenters. The van der Waals surface area contributed by atoms with Gasteiger partial charge in [-0.05, 0) is 30.7 Å². The second kappa shape index (κ2) is 9.05. The van der Waals surface area contributed by atoms with Crippen molar-refractivity contribution < 1.29 is 22.7 Å². The van der Waals surface area contributed by atoms with Crippen LogP contribution in [0.5, 0.6) is 5.75 Å². The molecule has 29 heavy (non-hydrogen) atoms. The maximum absolute atomic E-state index is 14.2. The summed E-state index contributed by atoms with van der Waals surface area (Å²) < 4.78 is 38.9. The van der Waals surface area contributed by atoms with Crippen LogP contribution in [0.3, 0.4) is 0 Å². The van der Waals surface area contributed by atoms with Crippen molar-refractivity contribution in [1.29, 1.82) is 0 Å². The molecule has 2 aromatic carbocycles. The summed E-state index contributed by atoms with van der Waals surface area (Å²) in [6.07, 6.45) is 1.84. The topological polar surface area (TPSA) is 78.4 Å². The van der Waals surface area contributed by atoms with Gasteiger partial charge in [-0.2, -0.15) is 0 Å². The lowest BCUT2D eigenvalue weighted by atomic mass is 10.1. The van der Waals surface area contributed by atoms with Gasteiger partial charge < -0.3 is 14.9 Å². The fourth-order valence-electron chi connectivity index (χ4n) is 2.86. The summed E-state index contributed by atoms with van der Waals surface area (Å²) in [5, 5.41) is 0.625. The third-order valence-corrected chi connectivity index (χ3v) is 4.46. The average molecular weight is 421 g/mol. The molecule has 1 amide bonds. The SMILES string of the molecule is CCCc1oc(CCOc2ccc(F)c(C(N)=O)c2F)nc1-c1ccc(Cl)cc1. The quantitative estimate of drug-likeness (QED) is 0.559. The Labute approximate surface area is 171 Å². The van der Waals surface area contributed by atoms with Crippen LogP contribution < -0.4 is 10.5 Å². The van der Waals surface area contributed by atoms with Crippen LogP contribution in [-0.2, 0) is 12.8 Å². The molecule has 0 saturated carbocycles. The number of nitrogens with zero attached hydrogens (tertiary/aromatic N) is 1. The summed E-state index contributed by atoms with van der Waals surface area (Å²) >= 11 is 5.94. The summed E-state index contributed by atoms with van der Waals surface area (Å²) in [6.45, 7) is 2.05. The van der Waals surface area contributed by atoms with Gasteiger partial charge >= 0.3 is 0 Å². The van der Waals surface area contributed by atoms with Crippen LogP contribution in [0.4, 0.5) is 8.78 Å². The van der Waals surface area contributed by atoms with E-state index in [4.69, 9.17) is 26.5 Å². The smallest absolute Gasteiger partial charge is 0.254 e. The van der Waals surface area contributed by atoms with Crippen molar-refractivity contribution in [3.63, 3.8) is 0 Å². The van der Waals surface area contributed by atoms with Crippen LogP contribution in [0.25, 0.3) is 11.3 Å². The number of hydrogen-bond donors (Lipinski definition) is 1. The number of amides is 1. The van der Waals surface area contributed by atoms with E-state index < -0.39 is 23.1 Å². The van der Waals surface area contributed by atoms with E-state index >= 15 is 0 Å². The minimum absolute atomic E-state index is 0.0207. The maximum Gasteiger partial charge on any atom is 0.254 e. The van der Waals surface area contributed by atoms with Crippen molar-refractivity contribution in [1.82, 2.24) is 4.98 Å². The Morgan fingerprint density at radius 3 is 2.55 bits per heavy atom. The highest BCUT2D eigenvalue weighted by Gasteiger charge is 2.20. The predicted molar refractivity (Wildman–Crippen MR) is 105 cm³/mol. The molecule has 1 heterocycles. The first-order valence-corrected chi connectivity index (χ1v) is 9.43. The van der Waals surface area contributed by atoms with Gasteiger partial charge in [-0.3, -0.25) is 4.79 Å². The second-order valence-electron chi connectivity index (χ2n) is 6.33. The van der Waals surface area contributed by atoms with Gasteiger partial charge in [0.1, 0.15) is 22.8 Å². The van der Waals surface area contributed by atoms with Gasteiger partial charge in [0.25, 0.3) is 5.91 Å². The Hall–Kier alpha value is -2.93. The molecule has 0 fully saturated rings. The van der Waals surface area contributed by atoms with Crippen LogP contribution in [0.15, 0.2) is 40.8 Å². The van der Waals surface area contributed by atoms with Crippen LogP contribution in [0.1, 0.15) is 35.4 Å². The first kappa shape index (κ1) is 20.8. The van der Waals surface area contributed by atoms with Crippen LogP contribution in [0.2, 0.25) is 5.02 Å². The van der Waals surface area contributed by atoms with Gasteiger partial charge in [0, 0.05) is 17.0 Å². The summed E-state index contributed by atoms with van der Waals surface area (Å²) in [7, 11) is 0. The lowest BCUT2D eigenvalue weighted by Crippen LogP contribution is -2.16. The van der Waals surface area contributed by atoms with E-state index in [1.54, 1.807) is 12.1 Å². The van der Waals surface area contributed by atoms with Gasteiger partial charge in [0.05, 0.1) is 13.0 Å². The molecule has 0 bridgehead atoms. The predicted octanol–water partition coefficient (Wildman–Crippen LogP) is 4.95. The van der Waals surface area contributed by atoms with E-state index in [9.17, 15) is 13.6 Å². The van der Waals surface area contributed by atoms with Crippen molar-refractivity contribution in [2.24, 2.45) is 5.73 Å². The summed E-state index contributed by atoms with van der Waals surface area (Å²) in [5.74, 6) is -2.46. The standard InChI is InChI=1S/C21H19ClF2N2O3/c1-2-3-16-20(12-4-6-13(22)7-5-12)26-17(29-16)10-11-28-15-9-8-14(23)18(19(15)24)21(25)27/h4-9H,2-3,10-11H2,1H3,(H2,25,27). The number of nitrogens with two attached hydrogens (primary N) is 1. The van der Waals surface area contributed by atoms with Crippen molar-refractivity contribution in [3.05, 3.63) is 70.3 Å². The molecule has 0 saturated heterocycles. The molecular weight excluding hydrogens is 402 g/mol. The average Bonchev–Trinajstić information content (AvgIpc) is 3.07. The molecule has 3 aromatic rings. The molecule has 0 aliphatic rings. The zero-order valence-electron chi connectivity index (χ0n) is 15.7. The normalized spacial score (nSPS) is 10.9. The Bertz CT molecular complexity index is 1020. The number of oxazole rings is 1. The Morgan fingerprint density at radius 2 is 1.90 bits per heavy atom. The van der Waals surface area contributed by atoms with Gasteiger partial charge in [0.15, 0.2) is 17.5 Å². The van der Waals surface area contributed by atoms with E-state index in [1.807, 2.05) is 19.1 Å². The Morgan fingerprint density at radius 1 is 1.17 bits per heavy atom. The highest BCUT2D eigenvalue weighted by Crippen LogP contribution is 2.27. The van der Waals surface area contributed by atoms with Crippen molar-refractivity contribution >= 4 is 17.5 Å². The first-order valence-electron chi connectivity index (χ1n) is 9.05. The van der Waals surface area contributed by atoms with Crippen molar-refractivity contribution in [2.75, 3.05) is 6.61 Å². The zero-order valence-corrected chi connectivity index (χ0v) is 16.4. The van der Waals surface area contributed by atoms with Gasteiger partial charge in [-0.15, -0.1) is 0 Å². The van der Waals surface area contributed by atoms with Crippen LogP contribution >= 0.6 is 11.6 Å². The molecule has 0 spiro atoms. The van der Waals surface area contributed by atoms with E-state index in [2.05, 4.69) is 4.98 Å². The highest BCUT2D eigenvalue weighted by atomic mass is 35.5. The van der Waals surface area contributed by atoms with Gasteiger partial charge in [0.2, 0.25) is 0 Å². The Balaban J connectivity index is 1.75. The molecule has 0 atom stereocenters. The second-order valence-corrected chi connectivity index (χ2v) is 6.77. The van der Waals surface area contributed by atoms with Gasteiger partial charge in [-0.25, -0.2) is 13.8 Å². The molecular formula is C21H19ClF2N2O3. The maximum atomic E-state index is 14.2. The van der Waals surface area contributed by atoms with Gasteiger partial charge in [-0.1, -0.05) is 30.7 Å². The van der Waals surface area contributed by atoms with E-state index in [1.165, 1.54) is 0 Å².